The minimum absolute atomic E-state index is 0.210. The van der Waals surface area contributed by atoms with Crippen molar-refractivity contribution in [3.8, 4) is 6.07 Å². The number of nitriles is 1. The van der Waals surface area contributed by atoms with Gasteiger partial charge in [-0.1, -0.05) is 11.6 Å². The summed E-state index contributed by atoms with van der Waals surface area (Å²) in [5.41, 5.74) is 2.30. The first kappa shape index (κ1) is 21.9. The second kappa shape index (κ2) is 8.79. The Kier molecular flexibility index (Phi) is 5.83. The summed E-state index contributed by atoms with van der Waals surface area (Å²) in [5.74, 6) is -0.737. The monoisotopic (exact) mass is 464 g/mol. The molecule has 1 amide bonds. The minimum Gasteiger partial charge on any atom is -0.348 e. The SMILES string of the molecule is N#CC1(c2ccc(NC(=O)c3ccn(C4=CC=C(Cl)CC4)c3)cn2)CCC2(CC1)OCCO2. The van der Waals surface area contributed by atoms with Gasteiger partial charge < -0.3 is 19.4 Å². The van der Waals surface area contributed by atoms with Crippen molar-refractivity contribution in [1.29, 1.82) is 5.26 Å². The number of nitrogens with one attached hydrogen (secondary N) is 1. The number of nitrogens with zero attached hydrogens (tertiary/aromatic N) is 3. The van der Waals surface area contributed by atoms with Crippen molar-refractivity contribution >= 4 is 28.9 Å². The second-order valence-electron chi connectivity index (χ2n) is 8.77. The molecule has 1 N–H and O–H groups in total. The summed E-state index contributed by atoms with van der Waals surface area (Å²) < 4.78 is 13.5. The summed E-state index contributed by atoms with van der Waals surface area (Å²) in [4.78, 5) is 17.3. The largest absolute Gasteiger partial charge is 0.348 e. The van der Waals surface area contributed by atoms with Crippen LogP contribution in [-0.4, -0.2) is 34.5 Å². The lowest BCUT2D eigenvalue weighted by Crippen LogP contribution is -2.41. The number of hydrogen-bond donors (Lipinski definition) is 1. The van der Waals surface area contributed by atoms with Gasteiger partial charge in [-0.25, -0.2) is 0 Å². The first-order valence-electron chi connectivity index (χ1n) is 11.2. The van der Waals surface area contributed by atoms with Crippen LogP contribution in [0, 0.1) is 11.3 Å². The molecule has 8 heteroatoms. The third kappa shape index (κ3) is 4.34. The van der Waals surface area contributed by atoms with Crippen molar-refractivity contribution < 1.29 is 14.3 Å². The number of rotatable bonds is 4. The second-order valence-corrected chi connectivity index (χ2v) is 9.25. The van der Waals surface area contributed by atoms with E-state index in [0.717, 1.165) is 29.3 Å². The first-order chi connectivity index (χ1) is 16.0. The maximum absolute atomic E-state index is 12.7. The Morgan fingerprint density at radius 3 is 2.55 bits per heavy atom. The predicted molar refractivity (Wildman–Crippen MR) is 124 cm³/mol. The van der Waals surface area contributed by atoms with Gasteiger partial charge in [0.25, 0.3) is 5.91 Å². The van der Waals surface area contributed by atoms with Gasteiger partial charge in [-0.3, -0.25) is 9.78 Å². The molecule has 1 aliphatic heterocycles. The number of aromatic nitrogens is 2. The minimum atomic E-state index is -0.661. The zero-order valence-electron chi connectivity index (χ0n) is 18.2. The summed E-state index contributed by atoms with van der Waals surface area (Å²) in [7, 11) is 0. The topological polar surface area (TPSA) is 89.2 Å². The van der Waals surface area contributed by atoms with E-state index in [9.17, 15) is 10.1 Å². The molecule has 7 nitrogen and oxygen atoms in total. The van der Waals surface area contributed by atoms with Crippen LogP contribution in [0.2, 0.25) is 0 Å². The van der Waals surface area contributed by atoms with Gasteiger partial charge in [0, 0.05) is 36.0 Å². The molecular weight excluding hydrogens is 440 g/mol. The summed E-state index contributed by atoms with van der Waals surface area (Å²) in [5, 5.41) is 13.7. The number of amides is 1. The van der Waals surface area contributed by atoms with E-state index in [1.165, 1.54) is 0 Å². The van der Waals surface area contributed by atoms with Crippen LogP contribution in [0.5, 0.6) is 0 Å². The number of anilines is 1. The predicted octanol–water partition coefficient (Wildman–Crippen LogP) is 4.97. The molecule has 2 fully saturated rings. The van der Waals surface area contributed by atoms with Crippen LogP contribution >= 0.6 is 11.6 Å². The van der Waals surface area contributed by atoms with E-state index in [2.05, 4.69) is 16.4 Å². The maximum Gasteiger partial charge on any atom is 0.257 e. The lowest BCUT2D eigenvalue weighted by molar-refractivity contribution is -0.182. The molecule has 3 aliphatic rings. The third-order valence-corrected chi connectivity index (χ3v) is 7.08. The molecule has 2 aliphatic carbocycles. The molecule has 0 atom stereocenters. The van der Waals surface area contributed by atoms with E-state index in [1.807, 2.05) is 35.2 Å². The van der Waals surface area contributed by atoms with E-state index in [4.69, 9.17) is 21.1 Å². The molecule has 1 saturated heterocycles. The highest BCUT2D eigenvalue weighted by molar-refractivity contribution is 6.29. The van der Waals surface area contributed by atoms with Crippen molar-refractivity contribution in [2.75, 3.05) is 18.5 Å². The van der Waals surface area contributed by atoms with Crippen LogP contribution < -0.4 is 5.32 Å². The molecular formula is C25H25ClN4O3. The van der Waals surface area contributed by atoms with Gasteiger partial charge in [0.05, 0.1) is 47.8 Å². The fourth-order valence-corrected chi connectivity index (χ4v) is 4.91. The Balaban J connectivity index is 1.25. The van der Waals surface area contributed by atoms with Crippen molar-refractivity contribution in [3.63, 3.8) is 0 Å². The molecule has 2 aromatic rings. The lowest BCUT2D eigenvalue weighted by Gasteiger charge is -2.39. The molecule has 0 radical (unpaired) electrons. The first-order valence-corrected chi connectivity index (χ1v) is 11.6. The molecule has 0 aromatic carbocycles. The molecule has 1 saturated carbocycles. The number of pyridine rings is 1. The number of allylic oxidation sites excluding steroid dienone is 4. The highest BCUT2D eigenvalue weighted by Crippen LogP contribution is 2.45. The van der Waals surface area contributed by atoms with Crippen LogP contribution in [0.25, 0.3) is 5.70 Å². The van der Waals surface area contributed by atoms with Gasteiger partial charge in [0.1, 0.15) is 0 Å². The van der Waals surface area contributed by atoms with Crippen LogP contribution in [-0.2, 0) is 14.9 Å². The smallest absolute Gasteiger partial charge is 0.257 e. The average Bonchev–Trinajstić information content (AvgIpc) is 3.52. The summed E-state index contributed by atoms with van der Waals surface area (Å²) >= 11 is 6.03. The highest BCUT2D eigenvalue weighted by Gasteiger charge is 2.48. The van der Waals surface area contributed by atoms with Gasteiger partial charge in [-0.15, -0.1) is 0 Å². The Morgan fingerprint density at radius 1 is 1.12 bits per heavy atom. The molecule has 2 aromatic heterocycles. The van der Waals surface area contributed by atoms with Crippen molar-refractivity contribution in [1.82, 2.24) is 9.55 Å². The molecule has 170 valence electrons. The maximum atomic E-state index is 12.7. The quantitative estimate of drug-likeness (QED) is 0.689. The van der Waals surface area contributed by atoms with Gasteiger partial charge in [-0.2, -0.15) is 5.26 Å². The van der Waals surface area contributed by atoms with Gasteiger partial charge in [-0.05, 0) is 56.0 Å². The summed E-state index contributed by atoms with van der Waals surface area (Å²) in [6.07, 6.45) is 13.4. The van der Waals surface area contributed by atoms with E-state index >= 15 is 0 Å². The Hall–Kier alpha value is -2.92. The molecule has 33 heavy (non-hydrogen) atoms. The molecule has 1 spiro atoms. The normalized spacial score (nSPS) is 21.2. The van der Waals surface area contributed by atoms with Crippen LogP contribution in [0.1, 0.15) is 54.6 Å². The van der Waals surface area contributed by atoms with Gasteiger partial charge >= 0.3 is 0 Å². The Labute approximate surface area is 197 Å². The van der Waals surface area contributed by atoms with Crippen LogP contribution in [0.15, 0.2) is 54.0 Å². The molecule has 5 rings (SSSR count). The number of hydrogen-bond acceptors (Lipinski definition) is 5. The van der Waals surface area contributed by atoms with E-state index < -0.39 is 11.2 Å². The van der Waals surface area contributed by atoms with Gasteiger partial charge in [0.2, 0.25) is 0 Å². The zero-order valence-corrected chi connectivity index (χ0v) is 19.0. The number of carbonyl (C=O) groups is 1. The molecule has 3 heterocycles. The van der Waals surface area contributed by atoms with Crippen molar-refractivity contribution in [3.05, 3.63) is 65.2 Å². The van der Waals surface area contributed by atoms with E-state index in [0.29, 0.717) is 50.1 Å². The molecule has 0 bridgehead atoms. The standard InChI is InChI=1S/C25H25ClN4O3/c26-19-1-4-21(5-2-19)30-12-7-18(16-30)23(31)29-20-3-6-22(28-15-20)24(17-27)8-10-25(11-9-24)32-13-14-33-25/h1,3-4,6-7,12,15-16H,2,5,8-11,13-14H2,(H,29,31). The van der Waals surface area contributed by atoms with Crippen LogP contribution in [0.3, 0.4) is 0 Å². The number of ether oxygens (including phenoxy) is 2. The molecule has 0 unspecified atom stereocenters. The average molecular weight is 465 g/mol. The fourth-order valence-electron chi connectivity index (χ4n) is 4.75. The lowest BCUT2D eigenvalue weighted by atomic mass is 9.70. The summed E-state index contributed by atoms with van der Waals surface area (Å²) in [6.45, 7) is 1.22. The highest BCUT2D eigenvalue weighted by atomic mass is 35.5. The van der Waals surface area contributed by atoms with E-state index in [1.54, 1.807) is 18.3 Å². The van der Waals surface area contributed by atoms with E-state index in [-0.39, 0.29) is 5.91 Å². The number of carbonyl (C=O) groups excluding carboxylic acids is 1. The van der Waals surface area contributed by atoms with Gasteiger partial charge in [0.15, 0.2) is 5.79 Å². The van der Waals surface area contributed by atoms with Crippen LogP contribution in [0.4, 0.5) is 5.69 Å². The fraction of sp³-hybridized carbons (Fsp3) is 0.400. The van der Waals surface area contributed by atoms with Crippen molar-refractivity contribution in [2.45, 2.75) is 49.7 Å². The Morgan fingerprint density at radius 2 is 1.91 bits per heavy atom. The third-order valence-electron chi connectivity index (χ3n) is 6.77. The Bertz CT molecular complexity index is 1140. The van der Waals surface area contributed by atoms with Crippen molar-refractivity contribution in [2.24, 2.45) is 0 Å². The summed E-state index contributed by atoms with van der Waals surface area (Å²) in [6, 6.07) is 7.91. The zero-order chi connectivity index (χ0) is 22.9. The number of halogens is 1.